The second-order valence-electron chi connectivity index (χ2n) is 5.31. The number of aromatic nitrogens is 3. The maximum atomic E-state index is 5.53. The molecule has 122 valence electrons. The largest absolute Gasteiger partial charge is 0.378 e. The van der Waals surface area contributed by atoms with Gasteiger partial charge in [-0.15, -0.1) is 5.10 Å². The molecule has 0 fully saturated rings. The van der Waals surface area contributed by atoms with Crippen LogP contribution in [-0.4, -0.2) is 61.1 Å². The van der Waals surface area contributed by atoms with Gasteiger partial charge in [0.05, 0.1) is 44.9 Å². The first kappa shape index (κ1) is 18.0. The second-order valence-corrected chi connectivity index (χ2v) is 5.31. The third kappa shape index (κ3) is 8.77. The topological polar surface area (TPSA) is 87.2 Å². The smallest absolute Gasteiger partial charge is 0.0725 e. The lowest BCUT2D eigenvalue weighted by atomic mass is 10.2. The van der Waals surface area contributed by atoms with Crippen molar-refractivity contribution in [2.24, 2.45) is 11.7 Å². The average Bonchev–Trinajstić information content (AvgIpc) is 2.88. The van der Waals surface area contributed by atoms with E-state index in [-0.39, 0.29) is 0 Å². The Morgan fingerprint density at radius 3 is 2.71 bits per heavy atom. The highest BCUT2D eigenvalue weighted by Crippen LogP contribution is 1.96. The van der Waals surface area contributed by atoms with Crippen LogP contribution in [0.3, 0.4) is 0 Å². The Kier molecular flexibility index (Phi) is 9.98. The van der Waals surface area contributed by atoms with E-state index in [1.54, 1.807) is 6.20 Å². The quantitative estimate of drug-likeness (QED) is 0.501. The van der Waals surface area contributed by atoms with Crippen molar-refractivity contribution in [3.05, 3.63) is 11.9 Å². The molecule has 7 heteroatoms. The molecule has 0 bridgehead atoms. The van der Waals surface area contributed by atoms with Gasteiger partial charge >= 0.3 is 0 Å². The van der Waals surface area contributed by atoms with Gasteiger partial charge in [-0.2, -0.15) is 0 Å². The van der Waals surface area contributed by atoms with Gasteiger partial charge in [0.25, 0.3) is 0 Å². The normalized spacial score (nSPS) is 11.4. The molecule has 1 heterocycles. The van der Waals surface area contributed by atoms with Crippen molar-refractivity contribution in [1.82, 2.24) is 20.3 Å². The third-order valence-electron chi connectivity index (χ3n) is 2.89. The summed E-state index contributed by atoms with van der Waals surface area (Å²) >= 11 is 0. The maximum Gasteiger partial charge on any atom is 0.0725 e. The number of hydrogen-bond acceptors (Lipinski definition) is 6. The van der Waals surface area contributed by atoms with Crippen molar-refractivity contribution in [2.45, 2.75) is 26.8 Å². The molecule has 0 unspecified atom stereocenters. The van der Waals surface area contributed by atoms with Crippen molar-refractivity contribution < 1.29 is 9.47 Å². The van der Waals surface area contributed by atoms with Gasteiger partial charge in [0.2, 0.25) is 0 Å². The molecule has 7 nitrogen and oxygen atoms in total. The predicted octanol–water partition coefficient (Wildman–Crippen LogP) is 0.0581. The van der Waals surface area contributed by atoms with E-state index in [1.165, 1.54) is 0 Å². The summed E-state index contributed by atoms with van der Waals surface area (Å²) in [5.41, 5.74) is 6.58. The molecule has 1 aromatic rings. The number of nitrogens with zero attached hydrogens (tertiary/aromatic N) is 3. The molecule has 0 aromatic carbocycles. The summed E-state index contributed by atoms with van der Waals surface area (Å²) in [6.45, 7) is 10.2. The van der Waals surface area contributed by atoms with Crippen LogP contribution in [0.4, 0.5) is 0 Å². The van der Waals surface area contributed by atoms with Gasteiger partial charge < -0.3 is 20.5 Å². The minimum Gasteiger partial charge on any atom is -0.378 e. The predicted molar refractivity (Wildman–Crippen MR) is 82.1 cm³/mol. The van der Waals surface area contributed by atoms with Crippen molar-refractivity contribution in [3.63, 3.8) is 0 Å². The van der Waals surface area contributed by atoms with Gasteiger partial charge in [-0.3, -0.25) is 0 Å². The highest BCUT2D eigenvalue weighted by Gasteiger charge is 2.02. The van der Waals surface area contributed by atoms with E-state index in [9.17, 15) is 0 Å². The van der Waals surface area contributed by atoms with Crippen LogP contribution in [-0.2, 0) is 22.4 Å². The van der Waals surface area contributed by atoms with Crippen molar-refractivity contribution in [2.75, 3.05) is 46.1 Å². The van der Waals surface area contributed by atoms with Crippen LogP contribution >= 0.6 is 0 Å². The van der Waals surface area contributed by atoms with E-state index < -0.39 is 0 Å². The average molecular weight is 299 g/mol. The Morgan fingerprint density at radius 2 is 2.00 bits per heavy atom. The van der Waals surface area contributed by atoms with Gasteiger partial charge in [0.1, 0.15) is 0 Å². The molecule has 1 rings (SSSR count). The molecular formula is C14H29N5O2. The summed E-state index contributed by atoms with van der Waals surface area (Å²) in [6.07, 6.45) is 2.54. The van der Waals surface area contributed by atoms with Crippen LogP contribution in [0.25, 0.3) is 0 Å². The molecular weight excluding hydrogens is 270 g/mol. The fourth-order valence-electron chi connectivity index (χ4n) is 1.82. The van der Waals surface area contributed by atoms with Crippen LogP contribution in [0.15, 0.2) is 6.20 Å². The third-order valence-corrected chi connectivity index (χ3v) is 2.89. The van der Waals surface area contributed by atoms with Crippen LogP contribution in [0, 0.1) is 5.92 Å². The fourth-order valence-corrected chi connectivity index (χ4v) is 1.82. The zero-order valence-corrected chi connectivity index (χ0v) is 13.3. The van der Waals surface area contributed by atoms with Crippen LogP contribution < -0.4 is 11.1 Å². The van der Waals surface area contributed by atoms with Gasteiger partial charge in [-0.05, 0) is 19.0 Å². The standard InChI is InChI=1S/C14H29N5O2/c1-13(2)11-16-5-7-20-9-10-21-8-6-19-14(3-4-15)12-17-18-19/h12-13,16H,3-11,15H2,1-2H3. The number of hydrogen-bond donors (Lipinski definition) is 2. The summed E-state index contributed by atoms with van der Waals surface area (Å²) in [7, 11) is 0. The van der Waals surface area contributed by atoms with E-state index in [1.807, 2.05) is 4.68 Å². The van der Waals surface area contributed by atoms with Gasteiger partial charge in [0.15, 0.2) is 0 Å². The lowest BCUT2D eigenvalue weighted by Crippen LogP contribution is -2.24. The van der Waals surface area contributed by atoms with Crippen LogP contribution in [0.5, 0.6) is 0 Å². The Labute approximate surface area is 127 Å². The first-order valence-corrected chi connectivity index (χ1v) is 7.67. The Balaban J connectivity index is 1.91. The molecule has 21 heavy (non-hydrogen) atoms. The number of nitrogens with two attached hydrogens (primary N) is 1. The highest BCUT2D eigenvalue weighted by atomic mass is 16.5. The summed E-state index contributed by atoms with van der Waals surface area (Å²) in [5.74, 6) is 0.675. The number of rotatable bonds is 13. The molecule has 1 aromatic heterocycles. The second kappa shape index (κ2) is 11.6. The lowest BCUT2D eigenvalue weighted by Gasteiger charge is -2.09. The first-order chi connectivity index (χ1) is 10.2. The monoisotopic (exact) mass is 299 g/mol. The Bertz CT molecular complexity index is 357. The van der Waals surface area contributed by atoms with E-state index in [0.29, 0.717) is 38.8 Å². The molecule has 0 amide bonds. The van der Waals surface area contributed by atoms with Crippen LogP contribution in [0.1, 0.15) is 19.5 Å². The first-order valence-electron chi connectivity index (χ1n) is 7.67. The molecule has 0 aliphatic heterocycles. The molecule has 0 atom stereocenters. The van der Waals surface area contributed by atoms with Crippen molar-refractivity contribution in [1.29, 1.82) is 0 Å². The number of ether oxygens (including phenoxy) is 2. The molecule has 0 aliphatic carbocycles. The summed E-state index contributed by atoms with van der Waals surface area (Å²) < 4.78 is 12.8. The zero-order valence-electron chi connectivity index (χ0n) is 13.3. The minimum atomic E-state index is 0.602. The van der Waals surface area contributed by atoms with E-state index in [2.05, 4.69) is 29.5 Å². The van der Waals surface area contributed by atoms with Gasteiger partial charge in [0, 0.05) is 13.0 Å². The van der Waals surface area contributed by atoms with Crippen molar-refractivity contribution in [3.8, 4) is 0 Å². The molecule has 0 spiro atoms. The van der Waals surface area contributed by atoms with Gasteiger partial charge in [-0.1, -0.05) is 19.1 Å². The summed E-state index contributed by atoms with van der Waals surface area (Å²) in [5, 5.41) is 11.2. The summed E-state index contributed by atoms with van der Waals surface area (Å²) in [6, 6.07) is 0. The number of nitrogens with one attached hydrogen (secondary N) is 1. The SMILES string of the molecule is CC(C)CNCCOCCOCCn1nncc1CCN. The highest BCUT2D eigenvalue weighted by molar-refractivity contribution is 4.94. The van der Waals surface area contributed by atoms with E-state index >= 15 is 0 Å². The van der Waals surface area contributed by atoms with Gasteiger partial charge in [-0.25, -0.2) is 4.68 Å². The molecule has 0 aliphatic rings. The Morgan fingerprint density at radius 1 is 1.24 bits per heavy atom. The maximum absolute atomic E-state index is 5.53. The van der Waals surface area contributed by atoms with Crippen molar-refractivity contribution >= 4 is 0 Å². The Hall–Kier alpha value is -1.02. The lowest BCUT2D eigenvalue weighted by molar-refractivity contribution is 0.0446. The molecule has 0 saturated heterocycles. The van der Waals surface area contributed by atoms with E-state index in [4.69, 9.17) is 15.2 Å². The molecule has 0 saturated carbocycles. The minimum absolute atomic E-state index is 0.602. The fraction of sp³-hybridized carbons (Fsp3) is 0.857. The molecule has 0 radical (unpaired) electrons. The van der Waals surface area contributed by atoms with E-state index in [0.717, 1.165) is 31.8 Å². The zero-order chi connectivity index (χ0) is 15.3. The van der Waals surface area contributed by atoms with Crippen LogP contribution in [0.2, 0.25) is 0 Å². The summed E-state index contributed by atoms with van der Waals surface area (Å²) in [4.78, 5) is 0. The molecule has 3 N–H and O–H groups in total.